The first-order valence-electron chi connectivity index (χ1n) is 6.95. The van der Waals surface area contributed by atoms with Crippen molar-refractivity contribution in [1.29, 1.82) is 0 Å². The van der Waals surface area contributed by atoms with Crippen molar-refractivity contribution in [2.45, 2.75) is 27.3 Å². The Morgan fingerprint density at radius 1 is 1.11 bits per heavy atom. The van der Waals surface area contributed by atoms with Crippen LogP contribution in [0.3, 0.4) is 0 Å². The maximum absolute atomic E-state index is 12.1. The number of benzene rings is 1. The van der Waals surface area contributed by atoms with E-state index in [9.17, 15) is 4.79 Å². The van der Waals surface area contributed by atoms with E-state index >= 15 is 0 Å². The van der Waals surface area contributed by atoms with Crippen LogP contribution in [-0.2, 0) is 11.3 Å². The van der Waals surface area contributed by atoms with E-state index in [0.29, 0.717) is 6.54 Å². The van der Waals surface area contributed by atoms with Crippen LogP contribution in [0.5, 0.6) is 0 Å². The second-order valence-electron chi connectivity index (χ2n) is 4.57. The average molecular weight is 263 g/mol. The molecule has 106 valence electrons. The molecule has 1 amide bonds. The lowest BCUT2D eigenvalue weighted by Gasteiger charge is -2.25. The van der Waals surface area contributed by atoms with Crippen LogP contribution in [0.1, 0.15) is 26.3 Å². The highest BCUT2D eigenvalue weighted by molar-refractivity contribution is 5.78. The van der Waals surface area contributed by atoms with Crippen molar-refractivity contribution in [3.63, 3.8) is 0 Å². The van der Waals surface area contributed by atoms with Crippen LogP contribution in [0.2, 0.25) is 0 Å². The van der Waals surface area contributed by atoms with E-state index in [-0.39, 0.29) is 5.91 Å². The molecule has 2 N–H and O–H groups in total. The van der Waals surface area contributed by atoms with Gasteiger partial charge in [0.25, 0.3) is 0 Å². The molecule has 0 radical (unpaired) electrons. The van der Waals surface area contributed by atoms with E-state index in [0.717, 1.165) is 37.4 Å². The van der Waals surface area contributed by atoms with Gasteiger partial charge in [0.15, 0.2) is 0 Å². The number of likely N-dealkylation sites (N-methyl/N-ethyl adjacent to an activating group) is 2. The van der Waals surface area contributed by atoms with Crippen LogP contribution in [0.25, 0.3) is 0 Å². The summed E-state index contributed by atoms with van der Waals surface area (Å²) in [7, 11) is 0. The molecule has 1 aromatic rings. The minimum Gasteiger partial charge on any atom is -0.398 e. The highest BCUT2D eigenvalue weighted by atomic mass is 16.2. The molecule has 0 spiro atoms. The van der Waals surface area contributed by atoms with Gasteiger partial charge < -0.3 is 10.6 Å². The van der Waals surface area contributed by atoms with Crippen LogP contribution in [0.15, 0.2) is 24.3 Å². The normalized spacial score (nSPS) is 10.7. The second kappa shape index (κ2) is 7.79. The fourth-order valence-electron chi connectivity index (χ4n) is 2.07. The minimum absolute atomic E-state index is 0.182. The van der Waals surface area contributed by atoms with Crippen molar-refractivity contribution >= 4 is 11.6 Å². The summed E-state index contributed by atoms with van der Waals surface area (Å²) in [5, 5.41) is 0. The Balaban J connectivity index is 2.64. The van der Waals surface area contributed by atoms with Crippen molar-refractivity contribution in [2.24, 2.45) is 0 Å². The number of hydrogen-bond donors (Lipinski definition) is 1. The minimum atomic E-state index is 0.182. The fraction of sp³-hybridized carbons (Fsp3) is 0.533. The molecule has 4 nitrogen and oxygen atoms in total. The molecule has 0 aliphatic carbocycles. The molecular weight excluding hydrogens is 238 g/mol. The lowest BCUT2D eigenvalue weighted by atomic mass is 10.1. The van der Waals surface area contributed by atoms with Gasteiger partial charge in [0, 0.05) is 25.3 Å². The van der Waals surface area contributed by atoms with Gasteiger partial charge in [0.05, 0.1) is 6.54 Å². The molecular formula is C15H25N3O. The summed E-state index contributed by atoms with van der Waals surface area (Å²) in [6.45, 7) is 9.61. The summed E-state index contributed by atoms with van der Waals surface area (Å²) in [5.74, 6) is 0.182. The molecule has 0 saturated carbocycles. The summed E-state index contributed by atoms with van der Waals surface area (Å²) in [5.41, 5.74) is 7.81. The quantitative estimate of drug-likeness (QED) is 0.765. The average Bonchev–Trinajstić information content (AvgIpc) is 2.41. The SMILES string of the molecule is CCN(CC(=O)N(CC)CC)Cc1ccccc1N. The van der Waals surface area contributed by atoms with Gasteiger partial charge >= 0.3 is 0 Å². The molecule has 0 unspecified atom stereocenters. The number of hydrogen-bond acceptors (Lipinski definition) is 3. The third kappa shape index (κ3) is 4.56. The zero-order chi connectivity index (χ0) is 14.3. The standard InChI is InChI=1S/C15H25N3O/c1-4-17(12-15(19)18(5-2)6-3)11-13-9-7-8-10-14(13)16/h7-10H,4-6,11-12,16H2,1-3H3. The first-order valence-corrected chi connectivity index (χ1v) is 6.95. The number of nitrogens with zero attached hydrogens (tertiary/aromatic N) is 2. The maximum atomic E-state index is 12.1. The summed E-state index contributed by atoms with van der Waals surface area (Å²) in [6.07, 6.45) is 0. The van der Waals surface area contributed by atoms with Crippen LogP contribution in [-0.4, -0.2) is 41.9 Å². The maximum Gasteiger partial charge on any atom is 0.236 e. The van der Waals surface area contributed by atoms with Crippen molar-refractivity contribution in [3.8, 4) is 0 Å². The highest BCUT2D eigenvalue weighted by Crippen LogP contribution is 2.13. The van der Waals surface area contributed by atoms with Crippen molar-refractivity contribution in [3.05, 3.63) is 29.8 Å². The lowest BCUT2D eigenvalue weighted by Crippen LogP contribution is -2.40. The Kier molecular flexibility index (Phi) is 6.36. The van der Waals surface area contributed by atoms with E-state index in [4.69, 9.17) is 5.73 Å². The van der Waals surface area contributed by atoms with E-state index in [1.807, 2.05) is 43.0 Å². The Morgan fingerprint density at radius 2 is 1.74 bits per heavy atom. The third-order valence-corrected chi connectivity index (χ3v) is 3.37. The van der Waals surface area contributed by atoms with E-state index in [1.165, 1.54) is 0 Å². The highest BCUT2D eigenvalue weighted by Gasteiger charge is 2.14. The fourth-order valence-corrected chi connectivity index (χ4v) is 2.07. The molecule has 1 aromatic carbocycles. The molecule has 0 fully saturated rings. The zero-order valence-corrected chi connectivity index (χ0v) is 12.2. The van der Waals surface area contributed by atoms with Gasteiger partial charge in [-0.15, -0.1) is 0 Å². The first-order chi connectivity index (χ1) is 9.12. The Bertz CT molecular complexity index is 402. The second-order valence-corrected chi connectivity index (χ2v) is 4.57. The van der Waals surface area contributed by atoms with Gasteiger partial charge in [-0.05, 0) is 32.0 Å². The Hall–Kier alpha value is -1.55. The van der Waals surface area contributed by atoms with Crippen LogP contribution >= 0.6 is 0 Å². The third-order valence-electron chi connectivity index (χ3n) is 3.37. The smallest absolute Gasteiger partial charge is 0.236 e. The molecule has 0 heterocycles. The van der Waals surface area contributed by atoms with Crippen molar-refractivity contribution in [1.82, 2.24) is 9.80 Å². The molecule has 19 heavy (non-hydrogen) atoms. The summed E-state index contributed by atoms with van der Waals surface area (Å²) in [4.78, 5) is 16.1. The largest absolute Gasteiger partial charge is 0.398 e. The molecule has 0 aliphatic rings. The molecule has 4 heteroatoms. The van der Waals surface area contributed by atoms with Crippen LogP contribution in [0.4, 0.5) is 5.69 Å². The van der Waals surface area contributed by atoms with E-state index in [1.54, 1.807) is 0 Å². The molecule has 0 aromatic heterocycles. The monoisotopic (exact) mass is 263 g/mol. The van der Waals surface area contributed by atoms with Crippen LogP contribution < -0.4 is 5.73 Å². The number of carbonyl (C=O) groups excluding carboxylic acids is 1. The Morgan fingerprint density at radius 3 is 2.26 bits per heavy atom. The summed E-state index contributed by atoms with van der Waals surface area (Å²) < 4.78 is 0. The number of nitrogen functional groups attached to an aromatic ring is 1. The number of carbonyl (C=O) groups is 1. The predicted molar refractivity (Wildman–Crippen MR) is 79.7 cm³/mol. The molecule has 0 saturated heterocycles. The van der Waals surface area contributed by atoms with Gasteiger partial charge in [0.2, 0.25) is 5.91 Å². The number of rotatable bonds is 7. The Labute approximate surface area is 116 Å². The number of para-hydroxylation sites is 1. The number of amides is 1. The predicted octanol–water partition coefficient (Wildman–Crippen LogP) is 1.96. The van der Waals surface area contributed by atoms with Gasteiger partial charge in [-0.25, -0.2) is 0 Å². The summed E-state index contributed by atoms with van der Waals surface area (Å²) in [6, 6.07) is 7.82. The van der Waals surface area contributed by atoms with Crippen LogP contribution in [0, 0.1) is 0 Å². The lowest BCUT2D eigenvalue weighted by molar-refractivity contribution is -0.132. The number of nitrogens with two attached hydrogens (primary N) is 1. The molecule has 0 aliphatic heterocycles. The number of anilines is 1. The topological polar surface area (TPSA) is 49.6 Å². The zero-order valence-electron chi connectivity index (χ0n) is 12.2. The molecule has 0 atom stereocenters. The van der Waals surface area contributed by atoms with E-state index < -0.39 is 0 Å². The van der Waals surface area contributed by atoms with E-state index in [2.05, 4.69) is 11.8 Å². The van der Waals surface area contributed by atoms with Gasteiger partial charge in [-0.3, -0.25) is 9.69 Å². The van der Waals surface area contributed by atoms with Gasteiger partial charge in [-0.2, -0.15) is 0 Å². The van der Waals surface area contributed by atoms with Crippen molar-refractivity contribution < 1.29 is 4.79 Å². The molecule has 0 bridgehead atoms. The molecule has 1 rings (SSSR count). The van der Waals surface area contributed by atoms with Crippen molar-refractivity contribution in [2.75, 3.05) is 31.9 Å². The summed E-state index contributed by atoms with van der Waals surface area (Å²) >= 11 is 0. The van der Waals surface area contributed by atoms with Gasteiger partial charge in [0.1, 0.15) is 0 Å². The first kappa shape index (κ1) is 15.5. The van der Waals surface area contributed by atoms with Gasteiger partial charge in [-0.1, -0.05) is 25.1 Å².